The molecule has 120 valence electrons. The van der Waals surface area contributed by atoms with E-state index in [0.29, 0.717) is 0 Å². The fraction of sp³-hybridized carbons (Fsp3) is 0.429. The molecule has 0 heterocycles. The van der Waals surface area contributed by atoms with Crippen LogP contribution in [0.4, 0.5) is 0 Å². The molecule has 0 saturated heterocycles. The van der Waals surface area contributed by atoms with E-state index in [-0.39, 0.29) is 11.2 Å². The van der Waals surface area contributed by atoms with Crippen LogP contribution in [0.2, 0.25) is 0 Å². The highest BCUT2D eigenvalue weighted by Gasteiger charge is 2.26. The lowest BCUT2D eigenvalue weighted by atomic mass is 9.72. The van der Waals surface area contributed by atoms with E-state index in [4.69, 9.17) is 5.11 Å². The van der Waals surface area contributed by atoms with E-state index in [0.717, 1.165) is 5.57 Å². The van der Waals surface area contributed by atoms with Gasteiger partial charge in [0.2, 0.25) is 0 Å². The average Bonchev–Trinajstić information content (AvgIpc) is 2.36. The molecule has 0 bridgehead atoms. The van der Waals surface area contributed by atoms with Gasteiger partial charge in [-0.3, -0.25) is 0 Å². The Balaban J connectivity index is 2.79. The molecule has 1 rings (SSSR count). The first kappa shape index (κ1) is 18.3. The molecule has 0 fully saturated rings. The first-order chi connectivity index (χ1) is 10.2. The van der Waals surface area contributed by atoms with Gasteiger partial charge in [-0.05, 0) is 62.7 Å². The van der Waals surface area contributed by atoms with Gasteiger partial charge in [0.1, 0.15) is 5.76 Å². The summed E-state index contributed by atoms with van der Waals surface area (Å²) in [4.78, 5) is 0. The van der Waals surface area contributed by atoms with E-state index in [2.05, 4.69) is 52.5 Å². The molecule has 0 aliphatic heterocycles. The van der Waals surface area contributed by atoms with E-state index >= 15 is 0 Å². The van der Waals surface area contributed by atoms with Gasteiger partial charge in [-0.2, -0.15) is 0 Å². The Hall–Kier alpha value is -1.76. The predicted molar refractivity (Wildman–Crippen MR) is 97.9 cm³/mol. The lowest BCUT2D eigenvalue weighted by Crippen LogP contribution is -2.19. The lowest BCUT2D eigenvalue weighted by molar-refractivity contribution is 0.377. The van der Waals surface area contributed by atoms with E-state index in [9.17, 15) is 0 Å². The van der Waals surface area contributed by atoms with Crippen molar-refractivity contribution in [1.29, 1.82) is 0 Å². The Morgan fingerprint density at radius 2 is 1.86 bits per heavy atom. The normalized spacial score (nSPS) is 20.2. The van der Waals surface area contributed by atoms with Crippen molar-refractivity contribution in [2.24, 2.45) is 5.41 Å². The minimum absolute atomic E-state index is 0.0877. The van der Waals surface area contributed by atoms with Crippen molar-refractivity contribution in [3.63, 3.8) is 0 Å². The molecule has 0 spiro atoms. The van der Waals surface area contributed by atoms with Crippen LogP contribution >= 0.6 is 0 Å². The first-order valence-corrected chi connectivity index (χ1v) is 8.02. The minimum Gasteiger partial charge on any atom is -0.509 e. The number of rotatable bonds is 5. The van der Waals surface area contributed by atoms with E-state index in [1.54, 1.807) is 6.08 Å². The lowest BCUT2D eigenvalue weighted by Gasteiger charge is -2.32. The van der Waals surface area contributed by atoms with Gasteiger partial charge in [-0.15, -0.1) is 0 Å². The van der Waals surface area contributed by atoms with Gasteiger partial charge in [-0.25, -0.2) is 0 Å². The molecule has 1 N–H and O–H groups in total. The Kier molecular flexibility index (Phi) is 6.67. The highest BCUT2D eigenvalue weighted by atomic mass is 16.3. The summed E-state index contributed by atoms with van der Waals surface area (Å²) >= 11 is 0. The molecule has 0 aromatic heterocycles. The summed E-state index contributed by atoms with van der Waals surface area (Å²) in [7, 11) is 0. The van der Waals surface area contributed by atoms with Gasteiger partial charge in [0.05, 0.1) is 0 Å². The Morgan fingerprint density at radius 3 is 2.45 bits per heavy atom. The van der Waals surface area contributed by atoms with Gasteiger partial charge in [0, 0.05) is 0 Å². The SMILES string of the molecule is C=C(O)/C=C(C)/C=C/C=C(C)/C=C/C1=C(C)CCCC1(C)C. The Labute approximate surface area is 136 Å². The Morgan fingerprint density at radius 1 is 1.18 bits per heavy atom. The Bertz CT molecular complexity index is 563. The highest BCUT2D eigenvalue weighted by Crippen LogP contribution is 2.40. The maximum absolute atomic E-state index is 9.10. The van der Waals surface area contributed by atoms with Gasteiger partial charge in [0.15, 0.2) is 0 Å². The van der Waals surface area contributed by atoms with Crippen LogP contribution in [0.15, 0.2) is 71.1 Å². The van der Waals surface area contributed by atoms with Crippen LogP contribution in [0.5, 0.6) is 0 Å². The third-order valence-corrected chi connectivity index (χ3v) is 4.17. The fourth-order valence-corrected chi connectivity index (χ4v) is 2.94. The maximum atomic E-state index is 9.10. The monoisotopic (exact) mass is 298 g/mol. The molecule has 0 amide bonds. The predicted octanol–water partition coefficient (Wildman–Crippen LogP) is 6.59. The summed E-state index contributed by atoms with van der Waals surface area (Å²) in [5, 5.41) is 9.10. The van der Waals surface area contributed by atoms with Crippen molar-refractivity contribution in [2.75, 3.05) is 0 Å². The zero-order chi connectivity index (χ0) is 16.8. The second-order valence-electron chi connectivity index (χ2n) is 6.91. The standard InChI is InChI=1S/C21H30O/c1-16(9-7-10-17(2)15-19(4)22)12-13-20-18(3)11-8-14-21(20,5)6/h7,9-10,12-13,15,22H,4,8,11,14H2,1-3,5-6H3/b10-7+,13-12+,16-9+,17-15+. The van der Waals surface area contributed by atoms with Crippen molar-refractivity contribution in [3.8, 4) is 0 Å². The summed E-state index contributed by atoms with van der Waals surface area (Å²) in [5.41, 5.74) is 5.50. The summed E-state index contributed by atoms with van der Waals surface area (Å²) in [6.07, 6.45) is 16.0. The van der Waals surface area contributed by atoms with Crippen molar-refractivity contribution in [2.45, 2.75) is 53.9 Å². The number of aliphatic hydroxyl groups is 1. The topological polar surface area (TPSA) is 20.2 Å². The zero-order valence-corrected chi connectivity index (χ0v) is 14.7. The van der Waals surface area contributed by atoms with Crippen molar-refractivity contribution in [1.82, 2.24) is 0 Å². The summed E-state index contributed by atoms with van der Waals surface area (Å²) in [6, 6.07) is 0. The van der Waals surface area contributed by atoms with Crippen LogP contribution in [-0.2, 0) is 0 Å². The second kappa shape index (κ2) is 8.03. The molecule has 22 heavy (non-hydrogen) atoms. The quantitative estimate of drug-likeness (QED) is 0.448. The molecule has 1 aliphatic carbocycles. The van der Waals surface area contributed by atoms with Crippen LogP contribution in [0.1, 0.15) is 53.9 Å². The smallest absolute Gasteiger partial charge is 0.108 e. The zero-order valence-electron chi connectivity index (χ0n) is 14.7. The van der Waals surface area contributed by atoms with E-state index in [1.165, 1.54) is 36.0 Å². The number of aliphatic hydroxyl groups excluding tert-OH is 1. The van der Waals surface area contributed by atoms with Crippen LogP contribution in [0.25, 0.3) is 0 Å². The molecule has 0 atom stereocenters. The molecule has 0 unspecified atom stereocenters. The highest BCUT2D eigenvalue weighted by molar-refractivity contribution is 5.37. The second-order valence-corrected chi connectivity index (χ2v) is 6.91. The van der Waals surface area contributed by atoms with E-state index < -0.39 is 0 Å². The largest absolute Gasteiger partial charge is 0.509 e. The molecule has 0 radical (unpaired) electrons. The molecule has 0 aromatic rings. The summed E-state index contributed by atoms with van der Waals surface area (Å²) in [6.45, 7) is 14.4. The van der Waals surface area contributed by atoms with Crippen LogP contribution in [-0.4, -0.2) is 5.11 Å². The van der Waals surface area contributed by atoms with Crippen molar-refractivity contribution < 1.29 is 5.11 Å². The van der Waals surface area contributed by atoms with Gasteiger partial charge < -0.3 is 5.11 Å². The third kappa shape index (κ3) is 5.93. The summed E-state index contributed by atoms with van der Waals surface area (Å²) < 4.78 is 0. The molecule has 0 aromatic carbocycles. The third-order valence-electron chi connectivity index (χ3n) is 4.17. The molecule has 1 nitrogen and oxygen atoms in total. The first-order valence-electron chi connectivity index (χ1n) is 8.02. The maximum Gasteiger partial charge on any atom is 0.108 e. The molecular weight excluding hydrogens is 268 g/mol. The van der Waals surface area contributed by atoms with Crippen molar-refractivity contribution >= 4 is 0 Å². The number of allylic oxidation sites excluding steroid dienone is 10. The van der Waals surface area contributed by atoms with Crippen molar-refractivity contribution in [3.05, 3.63) is 71.1 Å². The fourth-order valence-electron chi connectivity index (χ4n) is 2.94. The van der Waals surface area contributed by atoms with Gasteiger partial charge in [0.25, 0.3) is 0 Å². The van der Waals surface area contributed by atoms with E-state index in [1.807, 2.05) is 19.1 Å². The van der Waals surface area contributed by atoms with Crippen LogP contribution < -0.4 is 0 Å². The van der Waals surface area contributed by atoms with Gasteiger partial charge in [-0.1, -0.05) is 62.0 Å². The minimum atomic E-state index is 0.0877. The summed E-state index contributed by atoms with van der Waals surface area (Å²) in [5.74, 6) is 0.0877. The van der Waals surface area contributed by atoms with Crippen LogP contribution in [0, 0.1) is 5.41 Å². The molecule has 0 saturated carbocycles. The molecule has 1 aliphatic rings. The van der Waals surface area contributed by atoms with Gasteiger partial charge >= 0.3 is 0 Å². The van der Waals surface area contributed by atoms with Crippen LogP contribution in [0.3, 0.4) is 0 Å². The number of hydrogen-bond donors (Lipinski definition) is 1. The average molecular weight is 298 g/mol. The number of hydrogen-bond acceptors (Lipinski definition) is 1. The molecule has 1 heteroatoms. The molecular formula is C21H30O.